The number of rotatable bonds is 7. The average molecular weight is 295 g/mol. The Morgan fingerprint density at radius 1 is 1.38 bits per heavy atom. The minimum Gasteiger partial charge on any atom is -0.491 e. The summed E-state index contributed by atoms with van der Waals surface area (Å²) in [5, 5.41) is 3.33. The lowest BCUT2D eigenvalue weighted by Crippen LogP contribution is -2.26. The second kappa shape index (κ2) is 8.35. The van der Waals surface area contributed by atoms with Crippen LogP contribution in [0.2, 0.25) is 0 Å². The van der Waals surface area contributed by atoms with Crippen LogP contribution in [0.5, 0.6) is 5.75 Å². The van der Waals surface area contributed by atoms with Gasteiger partial charge >= 0.3 is 0 Å². The van der Waals surface area contributed by atoms with Crippen molar-refractivity contribution >= 4 is 0 Å². The highest BCUT2D eigenvalue weighted by atomic mass is 19.1. The first-order chi connectivity index (χ1) is 10.1. The number of nitrogens with one attached hydrogen (secondary N) is 1. The van der Waals surface area contributed by atoms with Crippen molar-refractivity contribution in [3.63, 3.8) is 0 Å². The van der Waals surface area contributed by atoms with Crippen molar-refractivity contribution in [3.8, 4) is 5.75 Å². The molecule has 1 saturated heterocycles. The fourth-order valence-electron chi connectivity index (χ4n) is 2.44. The molecule has 2 rings (SSSR count). The summed E-state index contributed by atoms with van der Waals surface area (Å²) in [7, 11) is 0. The number of benzene rings is 1. The van der Waals surface area contributed by atoms with E-state index in [9.17, 15) is 4.39 Å². The van der Waals surface area contributed by atoms with Gasteiger partial charge in [0, 0.05) is 18.7 Å². The van der Waals surface area contributed by atoms with Crippen LogP contribution in [0.25, 0.3) is 0 Å². The normalized spacial score (nSPS) is 19.0. The number of hydrogen-bond acceptors (Lipinski definition) is 3. The average Bonchev–Trinajstić information content (AvgIpc) is 2.47. The lowest BCUT2D eigenvalue weighted by Gasteiger charge is -2.23. The van der Waals surface area contributed by atoms with Crippen LogP contribution < -0.4 is 10.1 Å². The first kappa shape index (κ1) is 16.2. The van der Waals surface area contributed by atoms with E-state index in [4.69, 9.17) is 9.47 Å². The zero-order valence-electron chi connectivity index (χ0n) is 13.0. The lowest BCUT2D eigenvalue weighted by molar-refractivity contribution is -0.0112. The molecule has 1 aromatic rings. The van der Waals surface area contributed by atoms with Crippen molar-refractivity contribution in [1.29, 1.82) is 0 Å². The fourth-order valence-corrected chi connectivity index (χ4v) is 2.44. The third-order valence-corrected chi connectivity index (χ3v) is 3.59. The molecule has 0 spiro atoms. The van der Waals surface area contributed by atoms with Gasteiger partial charge in [-0.15, -0.1) is 0 Å². The Balaban J connectivity index is 1.90. The van der Waals surface area contributed by atoms with Gasteiger partial charge in [0.25, 0.3) is 0 Å². The van der Waals surface area contributed by atoms with Gasteiger partial charge in [-0.3, -0.25) is 0 Å². The van der Waals surface area contributed by atoms with Crippen molar-refractivity contribution in [2.24, 2.45) is 5.92 Å². The van der Waals surface area contributed by atoms with Crippen LogP contribution in [0, 0.1) is 11.7 Å². The predicted molar refractivity (Wildman–Crippen MR) is 82.0 cm³/mol. The van der Waals surface area contributed by atoms with Crippen LogP contribution >= 0.6 is 0 Å². The molecule has 1 aliphatic heterocycles. The Bertz CT molecular complexity index is 431. The van der Waals surface area contributed by atoms with E-state index in [2.05, 4.69) is 19.2 Å². The predicted octanol–water partition coefficient (Wildman–Crippen LogP) is 3.52. The van der Waals surface area contributed by atoms with Gasteiger partial charge in [-0.1, -0.05) is 13.8 Å². The van der Waals surface area contributed by atoms with E-state index >= 15 is 0 Å². The molecule has 0 amide bonds. The Morgan fingerprint density at radius 3 is 2.95 bits per heavy atom. The van der Waals surface area contributed by atoms with E-state index in [1.54, 1.807) is 12.1 Å². The quantitative estimate of drug-likeness (QED) is 0.835. The van der Waals surface area contributed by atoms with Crippen molar-refractivity contribution in [1.82, 2.24) is 5.32 Å². The molecule has 0 radical (unpaired) electrons. The SMILES string of the molecule is CC(C)CNCc1cc(F)ccc1OCC1CCCCO1. The topological polar surface area (TPSA) is 30.5 Å². The Hall–Kier alpha value is -1.13. The van der Waals surface area contributed by atoms with Gasteiger partial charge in [0.2, 0.25) is 0 Å². The molecular formula is C17H26FNO2. The summed E-state index contributed by atoms with van der Waals surface area (Å²) in [6, 6.07) is 4.71. The van der Waals surface area contributed by atoms with Gasteiger partial charge in [-0.05, 0) is 49.9 Å². The fraction of sp³-hybridized carbons (Fsp3) is 0.647. The third-order valence-electron chi connectivity index (χ3n) is 3.59. The van der Waals surface area contributed by atoms with Gasteiger partial charge in [0.1, 0.15) is 18.2 Å². The molecule has 1 atom stereocenters. The van der Waals surface area contributed by atoms with Gasteiger partial charge in [0.05, 0.1) is 6.10 Å². The molecule has 1 aliphatic rings. The van der Waals surface area contributed by atoms with Crippen molar-refractivity contribution in [2.75, 3.05) is 19.8 Å². The summed E-state index contributed by atoms with van der Waals surface area (Å²) in [6.07, 6.45) is 3.54. The van der Waals surface area contributed by atoms with Gasteiger partial charge in [0.15, 0.2) is 0 Å². The molecule has 0 saturated carbocycles. The standard InChI is InChI=1S/C17H26FNO2/c1-13(2)10-19-11-14-9-15(18)6-7-17(14)21-12-16-5-3-4-8-20-16/h6-7,9,13,16,19H,3-5,8,10-12H2,1-2H3. The molecule has 1 unspecified atom stereocenters. The zero-order chi connectivity index (χ0) is 15.1. The van der Waals surface area contributed by atoms with Crippen LogP contribution in [0.3, 0.4) is 0 Å². The van der Waals surface area contributed by atoms with Crippen molar-refractivity contribution < 1.29 is 13.9 Å². The Labute approximate surface area is 126 Å². The van der Waals surface area contributed by atoms with E-state index in [1.807, 2.05) is 0 Å². The van der Waals surface area contributed by atoms with Gasteiger partial charge in [-0.2, -0.15) is 0 Å². The molecule has 1 aromatic carbocycles. The summed E-state index contributed by atoms with van der Waals surface area (Å²) in [4.78, 5) is 0. The summed E-state index contributed by atoms with van der Waals surface area (Å²) in [5.41, 5.74) is 0.867. The Kier molecular flexibility index (Phi) is 6.46. The van der Waals surface area contributed by atoms with Crippen molar-refractivity contribution in [2.45, 2.75) is 45.8 Å². The maximum Gasteiger partial charge on any atom is 0.124 e. The maximum absolute atomic E-state index is 13.4. The summed E-state index contributed by atoms with van der Waals surface area (Å²) < 4.78 is 24.9. The first-order valence-corrected chi connectivity index (χ1v) is 7.88. The van der Waals surface area contributed by atoms with Crippen LogP contribution in [-0.4, -0.2) is 25.9 Å². The molecule has 1 heterocycles. The van der Waals surface area contributed by atoms with Crippen LogP contribution in [0.1, 0.15) is 38.7 Å². The molecule has 0 aliphatic carbocycles. The van der Waals surface area contributed by atoms with E-state index < -0.39 is 0 Å². The smallest absolute Gasteiger partial charge is 0.124 e. The van der Waals surface area contributed by atoms with E-state index in [-0.39, 0.29) is 11.9 Å². The Morgan fingerprint density at radius 2 is 2.24 bits per heavy atom. The third kappa shape index (κ3) is 5.64. The number of hydrogen-bond donors (Lipinski definition) is 1. The van der Waals surface area contributed by atoms with Crippen LogP contribution in [-0.2, 0) is 11.3 Å². The maximum atomic E-state index is 13.4. The van der Waals surface area contributed by atoms with E-state index in [0.29, 0.717) is 19.1 Å². The highest BCUT2D eigenvalue weighted by Gasteiger charge is 2.15. The van der Waals surface area contributed by atoms with Crippen LogP contribution in [0.4, 0.5) is 4.39 Å². The molecule has 0 bridgehead atoms. The molecule has 1 fully saturated rings. The van der Waals surface area contributed by atoms with Crippen LogP contribution in [0.15, 0.2) is 18.2 Å². The highest BCUT2D eigenvalue weighted by Crippen LogP contribution is 2.21. The van der Waals surface area contributed by atoms with Crippen molar-refractivity contribution in [3.05, 3.63) is 29.6 Å². The van der Waals surface area contributed by atoms with Gasteiger partial charge < -0.3 is 14.8 Å². The molecular weight excluding hydrogens is 269 g/mol. The molecule has 21 heavy (non-hydrogen) atoms. The number of ether oxygens (including phenoxy) is 2. The highest BCUT2D eigenvalue weighted by molar-refractivity contribution is 5.34. The molecule has 4 heteroatoms. The minimum atomic E-state index is -0.224. The summed E-state index contributed by atoms with van der Waals surface area (Å²) in [6.45, 7) is 7.19. The summed E-state index contributed by atoms with van der Waals surface area (Å²) >= 11 is 0. The zero-order valence-corrected chi connectivity index (χ0v) is 13.0. The number of halogens is 1. The largest absolute Gasteiger partial charge is 0.491 e. The first-order valence-electron chi connectivity index (χ1n) is 7.88. The van der Waals surface area contributed by atoms with E-state index in [0.717, 1.165) is 37.3 Å². The molecule has 118 valence electrons. The minimum absolute atomic E-state index is 0.167. The molecule has 3 nitrogen and oxygen atoms in total. The second-order valence-electron chi connectivity index (χ2n) is 6.08. The summed E-state index contributed by atoms with van der Waals surface area (Å²) in [5.74, 6) is 1.10. The lowest BCUT2D eigenvalue weighted by atomic mass is 10.1. The molecule has 0 aromatic heterocycles. The molecule has 1 N–H and O–H groups in total. The van der Waals surface area contributed by atoms with Gasteiger partial charge in [-0.25, -0.2) is 4.39 Å². The monoisotopic (exact) mass is 295 g/mol. The van der Waals surface area contributed by atoms with E-state index in [1.165, 1.54) is 12.5 Å². The second-order valence-corrected chi connectivity index (χ2v) is 6.08.